The van der Waals surface area contributed by atoms with Crippen molar-refractivity contribution in [3.8, 4) is 5.75 Å². The van der Waals surface area contributed by atoms with Gasteiger partial charge in [-0.2, -0.15) is 5.10 Å². The number of halogens is 1. The van der Waals surface area contributed by atoms with Gasteiger partial charge in [0.1, 0.15) is 5.75 Å². The maximum Gasteiger partial charge on any atom is 0.277 e. The van der Waals surface area contributed by atoms with Crippen molar-refractivity contribution in [3.63, 3.8) is 0 Å². The highest BCUT2D eigenvalue weighted by atomic mass is 35.5. The first-order chi connectivity index (χ1) is 12.1. The molecular formula is C20H17ClN2O2. The molecule has 0 heterocycles. The number of ether oxygens (including phenoxy) is 1. The zero-order valence-corrected chi connectivity index (χ0v) is 14.5. The summed E-state index contributed by atoms with van der Waals surface area (Å²) in [6.45, 7) is 1.71. The van der Waals surface area contributed by atoms with Crippen molar-refractivity contribution in [1.29, 1.82) is 0 Å². The lowest BCUT2D eigenvalue weighted by Crippen LogP contribution is -2.25. The molecule has 4 nitrogen and oxygen atoms in total. The third-order valence-electron chi connectivity index (χ3n) is 3.72. The van der Waals surface area contributed by atoms with Gasteiger partial charge in [-0.3, -0.25) is 4.79 Å². The summed E-state index contributed by atoms with van der Waals surface area (Å²) in [5.74, 6) is 0.355. The van der Waals surface area contributed by atoms with Gasteiger partial charge in [-0.25, -0.2) is 5.43 Å². The first-order valence-corrected chi connectivity index (χ1v) is 8.21. The topological polar surface area (TPSA) is 50.7 Å². The zero-order chi connectivity index (χ0) is 17.6. The Morgan fingerprint density at radius 2 is 1.76 bits per heavy atom. The van der Waals surface area contributed by atoms with Crippen LogP contribution in [0.15, 0.2) is 71.8 Å². The number of carbonyl (C=O) groups excluding carboxylic acids is 1. The Labute approximate surface area is 151 Å². The molecule has 0 radical (unpaired) electrons. The second-order valence-corrected chi connectivity index (χ2v) is 5.94. The molecule has 25 heavy (non-hydrogen) atoms. The molecular weight excluding hydrogens is 336 g/mol. The number of benzene rings is 3. The van der Waals surface area contributed by atoms with Crippen LogP contribution < -0.4 is 10.2 Å². The van der Waals surface area contributed by atoms with E-state index in [0.717, 1.165) is 16.3 Å². The number of nitrogens with zero attached hydrogens (tertiary/aromatic N) is 1. The van der Waals surface area contributed by atoms with Gasteiger partial charge < -0.3 is 4.74 Å². The Balaban J connectivity index is 1.61. The van der Waals surface area contributed by atoms with E-state index in [0.29, 0.717) is 16.5 Å². The van der Waals surface area contributed by atoms with E-state index < -0.39 is 0 Å². The molecule has 126 valence electrons. The first kappa shape index (κ1) is 17.0. The van der Waals surface area contributed by atoms with Crippen LogP contribution in [0.4, 0.5) is 0 Å². The molecule has 3 rings (SSSR count). The third-order valence-corrected chi connectivity index (χ3v) is 3.97. The minimum absolute atomic E-state index is 0.106. The fourth-order valence-electron chi connectivity index (χ4n) is 2.40. The minimum atomic E-state index is -0.318. The maximum absolute atomic E-state index is 12.0. The van der Waals surface area contributed by atoms with Crippen LogP contribution in [0.2, 0.25) is 5.02 Å². The van der Waals surface area contributed by atoms with Crippen LogP contribution in [0.3, 0.4) is 0 Å². The van der Waals surface area contributed by atoms with Gasteiger partial charge in [-0.05, 0) is 36.1 Å². The van der Waals surface area contributed by atoms with E-state index in [-0.39, 0.29) is 12.5 Å². The number of hydrogen-bond donors (Lipinski definition) is 1. The van der Waals surface area contributed by atoms with Crippen molar-refractivity contribution in [2.45, 2.75) is 6.92 Å². The number of hydrazone groups is 1. The average Bonchev–Trinajstić information content (AvgIpc) is 2.65. The van der Waals surface area contributed by atoms with Crippen LogP contribution in [0.1, 0.15) is 12.5 Å². The molecule has 3 aromatic carbocycles. The summed E-state index contributed by atoms with van der Waals surface area (Å²) in [5.41, 5.74) is 4.08. The molecule has 0 unspecified atom stereocenters. The molecule has 0 aliphatic carbocycles. The van der Waals surface area contributed by atoms with Gasteiger partial charge in [-0.1, -0.05) is 60.1 Å². The monoisotopic (exact) mass is 352 g/mol. The Hall–Kier alpha value is -2.85. The predicted octanol–water partition coefficient (Wildman–Crippen LogP) is 4.41. The van der Waals surface area contributed by atoms with E-state index in [1.807, 2.05) is 61.5 Å². The number of nitrogens with one attached hydrogen (secondary N) is 1. The Morgan fingerprint density at radius 1 is 1.04 bits per heavy atom. The molecule has 0 fully saturated rings. The predicted molar refractivity (Wildman–Crippen MR) is 101 cm³/mol. The summed E-state index contributed by atoms with van der Waals surface area (Å²) in [5, 5.41) is 6.79. The SMILES string of the molecule is C/C(=N\NC(=O)COc1cccc2ccccc12)c1ccc(Cl)cc1. The molecule has 0 saturated heterocycles. The molecule has 0 aliphatic heterocycles. The van der Waals surface area contributed by atoms with Gasteiger partial charge in [0.25, 0.3) is 5.91 Å². The second-order valence-electron chi connectivity index (χ2n) is 5.51. The van der Waals surface area contributed by atoms with Crippen molar-refractivity contribution >= 4 is 34.0 Å². The van der Waals surface area contributed by atoms with E-state index >= 15 is 0 Å². The van der Waals surface area contributed by atoms with Crippen LogP contribution >= 0.6 is 11.6 Å². The van der Waals surface area contributed by atoms with Gasteiger partial charge >= 0.3 is 0 Å². The van der Waals surface area contributed by atoms with E-state index in [9.17, 15) is 4.79 Å². The average molecular weight is 353 g/mol. The van der Waals surface area contributed by atoms with Gasteiger partial charge in [-0.15, -0.1) is 0 Å². The second kappa shape index (κ2) is 7.81. The highest BCUT2D eigenvalue weighted by molar-refractivity contribution is 6.30. The third kappa shape index (κ3) is 4.37. The van der Waals surface area contributed by atoms with Gasteiger partial charge in [0.15, 0.2) is 6.61 Å². The fraction of sp³-hybridized carbons (Fsp3) is 0.100. The molecule has 0 atom stereocenters. The van der Waals surface area contributed by atoms with Gasteiger partial charge in [0, 0.05) is 10.4 Å². The summed E-state index contributed by atoms with van der Waals surface area (Å²) in [6.07, 6.45) is 0. The van der Waals surface area contributed by atoms with Crippen molar-refractivity contribution in [2.24, 2.45) is 5.10 Å². The standard InChI is InChI=1S/C20H17ClN2O2/c1-14(15-9-11-17(21)12-10-15)22-23-20(24)13-25-19-8-4-6-16-5-2-3-7-18(16)19/h2-12H,13H2,1H3,(H,23,24)/b22-14+. The van der Waals surface area contributed by atoms with Crippen molar-refractivity contribution in [2.75, 3.05) is 6.61 Å². The highest BCUT2D eigenvalue weighted by Crippen LogP contribution is 2.24. The van der Waals surface area contributed by atoms with Crippen LogP contribution in [0.25, 0.3) is 10.8 Å². The summed E-state index contributed by atoms with van der Waals surface area (Å²) >= 11 is 5.86. The summed E-state index contributed by atoms with van der Waals surface area (Å²) < 4.78 is 5.64. The Kier molecular flexibility index (Phi) is 5.31. The minimum Gasteiger partial charge on any atom is -0.483 e. The molecule has 0 aliphatic rings. The zero-order valence-electron chi connectivity index (χ0n) is 13.7. The van der Waals surface area contributed by atoms with Crippen molar-refractivity contribution in [3.05, 3.63) is 77.3 Å². The summed E-state index contributed by atoms with van der Waals surface area (Å²) in [6, 6.07) is 20.9. The lowest BCUT2D eigenvalue weighted by atomic mass is 10.1. The molecule has 0 bridgehead atoms. The molecule has 0 saturated carbocycles. The molecule has 0 spiro atoms. The molecule has 5 heteroatoms. The molecule has 1 N–H and O–H groups in total. The van der Waals surface area contributed by atoms with E-state index in [4.69, 9.17) is 16.3 Å². The van der Waals surface area contributed by atoms with Crippen molar-refractivity contribution in [1.82, 2.24) is 5.43 Å². The van der Waals surface area contributed by atoms with Crippen LogP contribution in [-0.4, -0.2) is 18.2 Å². The number of hydrogen-bond acceptors (Lipinski definition) is 3. The maximum atomic E-state index is 12.0. The Bertz CT molecular complexity index is 915. The van der Waals surface area contributed by atoms with Crippen molar-refractivity contribution < 1.29 is 9.53 Å². The number of amides is 1. The lowest BCUT2D eigenvalue weighted by Gasteiger charge is -2.08. The fourth-order valence-corrected chi connectivity index (χ4v) is 2.52. The summed E-state index contributed by atoms with van der Waals surface area (Å²) in [7, 11) is 0. The number of fused-ring (bicyclic) bond motifs is 1. The van der Waals surface area contributed by atoms with Crippen LogP contribution in [0, 0.1) is 0 Å². The van der Waals surface area contributed by atoms with E-state index in [1.54, 1.807) is 12.1 Å². The molecule has 3 aromatic rings. The van der Waals surface area contributed by atoms with E-state index in [2.05, 4.69) is 10.5 Å². The van der Waals surface area contributed by atoms with Gasteiger partial charge in [0.2, 0.25) is 0 Å². The number of rotatable bonds is 5. The normalized spacial score (nSPS) is 11.4. The first-order valence-electron chi connectivity index (χ1n) is 7.83. The largest absolute Gasteiger partial charge is 0.483 e. The number of carbonyl (C=O) groups is 1. The Morgan fingerprint density at radius 3 is 2.56 bits per heavy atom. The van der Waals surface area contributed by atoms with Gasteiger partial charge in [0.05, 0.1) is 5.71 Å². The molecule has 1 amide bonds. The highest BCUT2D eigenvalue weighted by Gasteiger charge is 2.05. The smallest absolute Gasteiger partial charge is 0.277 e. The van der Waals surface area contributed by atoms with Crippen LogP contribution in [-0.2, 0) is 4.79 Å². The summed E-state index contributed by atoms with van der Waals surface area (Å²) in [4.78, 5) is 12.0. The molecule has 0 aromatic heterocycles. The van der Waals surface area contributed by atoms with Crippen LogP contribution in [0.5, 0.6) is 5.75 Å². The van der Waals surface area contributed by atoms with E-state index in [1.165, 1.54) is 0 Å². The quantitative estimate of drug-likeness (QED) is 0.546. The lowest BCUT2D eigenvalue weighted by molar-refractivity contribution is -0.123.